The molecule has 5 nitrogen and oxygen atoms in total. The first-order valence-corrected chi connectivity index (χ1v) is 9.87. The van der Waals surface area contributed by atoms with Crippen molar-refractivity contribution in [3.63, 3.8) is 0 Å². The van der Waals surface area contributed by atoms with Gasteiger partial charge in [0.1, 0.15) is 4.90 Å². The van der Waals surface area contributed by atoms with Gasteiger partial charge in [-0.15, -0.1) is 0 Å². The van der Waals surface area contributed by atoms with Crippen molar-refractivity contribution >= 4 is 10.0 Å². The van der Waals surface area contributed by atoms with Crippen LogP contribution in [0.3, 0.4) is 0 Å². The number of pyridine rings is 1. The summed E-state index contributed by atoms with van der Waals surface area (Å²) in [6.07, 6.45) is -2.16. The van der Waals surface area contributed by atoms with E-state index in [2.05, 4.69) is 4.98 Å². The van der Waals surface area contributed by atoms with Gasteiger partial charge >= 0.3 is 6.18 Å². The molecule has 1 heterocycles. The Labute approximate surface area is 166 Å². The molecule has 0 aliphatic heterocycles. The van der Waals surface area contributed by atoms with Gasteiger partial charge in [0.2, 0.25) is 10.0 Å². The van der Waals surface area contributed by atoms with Crippen molar-refractivity contribution < 1.29 is 26.7 Å². The highest BCUT2D eigenvalue weighted by molar-refractivity contribution is 7.89. The van der Waals surface area contributed by atoms with E-state index in [0.29, 0.717) is 11.6 Å². The van der Waals surface area contributed by atoms with E-state index in [0.717, 1.165) is 16.6 Å². The predicted molar refractivity (Wildman–Crippen MR) is 99.9 cm³/mol. The van der Waals surface area contributed by atoms with Crippen molar-refractivity contribution in [3.8, 4) is 16.9 Å². The van der Waals surface area contributed by atoms with Crippen LogP contribution >= 0.6 is 0 Å². The van der Waals surface area contributed by atoms with Crippen molar-refractivity contribution in [1.29, 1.82) is 0 Å². The van der Waals surface area contributed by atoms with Gasteiger partial charge in [-0.25, -0.2) is 8.42 Å². The summed E-state index contributed by atoms with van der Waals surface area (Å²) < 4.78 is 66.3. The van der Waals surface area contributed by atoms with E-state index in [1.165, 1.54) is 37.5 Å². The van der Waals surface area contributed by atoms with Crippen molar-refractivity contribution in [3.05, 3.63) is 78.1 Å². The first kappa shape index (κ1) is 20.8. The molecule has 0 fully saturated rings. The molecule has 29 heavy (non-hydrogen) atoms. The number of benzene rings is 2. The molecule has 0 atom stereocenters. The topological polar surface area (TPSA) is 70.2 Å². The van der Waals surface area contributed by atoms with Gasteiger partial charge in [0.05, 0.1) is 5.56 Å². The fraction of sp³-hybridized carbons (Fsp3) is 0.150. The van der Waals surface area contributed by atoms with E-state index >= 15 is 0 Å². The lowest BCUT2D eigenvalue weighted by Gasteiger charge is -2.19. The maximum atomic E-state index is 13.4. The third-order valence-electron chi connectivity index (χ3n) is 4.31. The lowest BCUT2D eigenvalue weighted by atomic mass is 9.98. The summed E-state index contributed by atoms with van der Waals surface area (Å²) in [5.41, 5.74) is -1.10. The minimum Gasteiger partial charge on any atom is -0.289 e. The second-order valence-electron chi connectivity index (χ2n) is 6.33. The highest BCUT2D eigenvalue weighted by atomic mass is 32.2. The molecule has 3 aromatic rings. The molecule has 151 valence electrons. The summed E-state index contributed by atoms with van der Waals surface area (Å²) in [7, 11) is -2.83. The number of hydrogen-bond donors (Lipinski definition) is 0. The fourth-order valence-corrected chi connectivity index (χ4v) is 3.92. The second-order valence-corrected chi connectivity index (χ2v) is 8.37. The van der Waals surface area contributed by atoms with Gasteiger partial charge in [-0.1, -0.05) is 30.3 Å². The predicted octanol–water partition coefficient (Wildman–Crippen LogP) is 4.73. The maximum Gasteiger partial charge on any atom is 0.416 e. The van der Waals surface area contributed by atoms with Crippen LogP contribution in [0.15, 0.2) is 71.9 Å². The molecule has 0 amide bonds. The first-order valence-electron chi connectivity index (χ1n) is 8.43. The molecule has 9 heteroatoms. The smallest absolute Gasteiger partial charge is 0.289 e. The minimum absolute atomic E-state index is 0.120. The fourth-order valence-electron chi connectivity index (χ4n) is 2.81. The maximum absolute atomic E-state index is 13.4. The highest BCUT2D eigenvalue weighted by Crippen LogP contribution is 2.40. The molecule has 0 spiro atoms. The van der Waals surface area contributed by atoms with E-state index in [9.17, 15) is 26.7 Å². The van der Waals surface area contributed by atoms with Crippen LogP contribution in [0.5, 0.6) is 5.75 Å². The third kappa shape index (κ3) is 4.41. The molecule has 0 unspecified atom stereocenters. The molecule has 1 radical (unpaired) electrons. The molecule has 3 rings (SSSR count). The zero-order valence-electron chi connectivity index (χ0n) is 15.2. The Hall–Kier alpha value is -2.91. The normalized spacial score (nSPS) is 12.3. The largest absolute Gasteiger partial charge is 0.416 e. The molecular weight excluding hydrogens is 405 g/mol. The SMILES string of the molecule is CN(Cc1cc(C(F)(F)F)cc(-c2ccccc2)c1[O])S(=O)(=O)c1cccnc1. The number of aromatic nitrogens is 1. The van der Waals surface area contributed by atoms with Crippen LogP contribution in [-0.2, 0) is 27.9 Å². The van der Waals surface area contributed by atoms with E-state index in [1.807, 2.05) is 0 Å². The van der Waals surface area contributed by atoms with Crippen LogP contribution in [0.2, 0.25) is 0 Å². The Morgan fingerprint density at radius 2 is 1.72 bits per heavy atom. The average Bonchev–Trinajstić information content (AvgIpc) is 2.70. The van der Waals surface area contributed by atoms with Gasteiger partial charge in [-0.2, -0.15) is 17.5 Å². The first-order chi connectivity index (χ1) is 13.6. The summed E-state index contributed by atoms with van der Waals surface area (Å²) in [6.45, 7) is -0.514. The van der Waals surface area contributed by atoms with Crippen LogP contribution in [0.4, 0.5) is 13.2 Å². The Bertz CT molecular complexity index is 1100. The van der Waals surface area contributed by atoms with Crippen LogP contribution in [0, 0.1) is 0 Å². The Balaban J connectivity index is 2.07. The second kappa shape index (κ2) is 7.84. The van der Waals surface area contributed by atoms with Gasteiger partial charge in [0.15, 0.2) is 5.75 Å². The van der Waals surface area contributed by atoms with Gasteiger partial charge in [-0.3, -0.25) is 10.1 Å². The molecule has 0 aliphatic carbocycles. The van der Waals surface area contributed by atoms with Crippen LogP contribution in [0.25, 0.3) is 11.1 Å². The standard InChI is InChI=1S/C20H16F3N2O3S/c1-25(29(27,28)17-8-5-9-24-12-17)13-15-10-16(20(21,22)23)11-18(19(15)26)14-6-3-2-4-7-14/h2-12H,13H2,1H3. The summed E-state index contributed by atoms with van der Waals surface area (Å²) in [5.74, 6) is -0.655. The lowest BCUT2D eigenvalue weighted by Crippen LogP contribution is -2.26. The van der Waals surface area contributed by atoms with Crippen molar-refractivity contribution in [2.45, 2.75) is 17.6 Å². The van der Waals surface area contributed by atoms with Gasteiger partial charge in [0.25, 0.3) is 0 Å². The molecular formula is C20H16F3N2O3S. The van der Waals surface area contributed by atoms with Gasteiger partial charge in [0, 0.05) is 37.1 Å². The summed E-state index contributed by atoms with van der Waals surface area (Å²) in [4.78, 5) is 3.62. The summed E-state index contributed by atoms with van der Waals surface area (Å²) >= 11 is 0. The average molecular weight is 421 g/mol. The molecule has 1 aromatic heterocycles. The molecule has 0 saturated carbocycles. The lowest BCUT2D eigenvalue weighted by molar-refractivity contribution is -0.137. The number of hydrogen-bond acceptors (Lipinski definition) is 3. The third-order valence-corrected chi connectivity index (χ3v) is 6.10. The van der Waals surface area contributed by atoms with E-state index < -0.39 is 34.1 Å². The van der Waals surface area contributed by atoms with Gasteiger partial charge in [-0.05, 0) is 29.8 Å². The molecule has 0 aliphatic rings. The Morgan fingerprint density at radius 1 is 1.03 bits per heavy atom. The van der Waals surface area contributed by atoms with Crippen molar-refractivity contribution in [2.75, 3.05) is 7.05 Å². The monoisotopic (exact) mass is 421 g/mol. The summed E-state index contributed by atoms with van der Waals surface area (Å²) in [5, 5.41) is 12.8. The Kier molecular flexibility index (Phi) is 5.63. The molecule has 0 bridgehead atoms. The number of halogens is 3. The highest BCUT2D eigenvalue weighted by Gasteiger charge is 2.33. The number of sulfonamides is 1. The van der Waals surface area contributed by atoms with E-state index in [1.54, 1.807) is 18.2 Å². The van der Waals surface area contributed by atoms with Crippen LogP contribution < -0.4 is 0 Å². The molecule has 0 saturated heterocycles. The van der Waals surface area contributed by atoms with E-state index in [4.69, 9.17) is 0 Å². The number of alkyl halides is 3. The van der Waals surface area contributed by atoms with E-state index in [-0.39, 0.29) is 16.0 Å². The zero-order valence-corrected chi connectivity index (χ0v) is 16.0. The zero-order chi connectivity index (χ0) is 21.2. The summed E-state index contributed by atoms with van der Waals surface area (Å²) in [6, 6.07) is 12.2. The molecule has 2 aromatic carbocycles. The minimum atomic E-state index is -4.69. The number of nitrogens with zero attached hydrogens (tertiary/aromatic N) is 2. The van der Waals surface area contributed by atoms with Crippen LogP contribution in [-0.4, -0.2) is 24.8 Å². The molecule has 0 N–H and O–H groups in total. The quantitative estimate of drug-likeness (QED) is 0.598. The van der Waals surface area contributed by atoms with Crippen molar-refractivity contribution in [1.82, 2.24) is 9.29 Å². The van der Waals surface area contributed by atoms with Gasteiger partial charge < -0.3 is 0 Å². The van der Waals surface area contributed by atoms with Crippen LogP contribution in [0.1, 0.15) is 11.1 Å². The van der Waals surface area contributed by atoms with Crippen molar-refractivity contribution in [2.24, 2.45) is 0 Å². The number of rotatable bonds is 5. The Morgan fingerprint density at radius 3 is 2.31 bits per heavy atom.